The summed E-state index contributed by atoms with van der Waals surface area (Å²) < 4.78 is 0. The van der Waals surface area contributed by atoms with Gasteiger partial charge in [-0.05, 0) is 19.3 Å². The Morgan fingerprint density at radius 1 is 0.579 bits per heavy atom. The fourth-order valence-corrected chi connectivity index (χ4v) is 2.69. The predicted molar refractivity (Wildman–Crippen MR) is 87.7 cm³/mol. The van der Waals surface area contributed by atoms with Gasteiger partial charge in [-0.1, -0.05) is 40.0 Å². The van der Waals surface area contributed by atoms with E-state index in [0.29, 0.717) is 0 Å². The molecular formula is C18H27Al. The third-order valence-corrected chi connectivity index (χ3v) is 4.18. The van der Waals surface area contributed by atoms with Gasteiger partial charge in [-0.2, -0.15) is 14.3 Å². The number of rotatable bonds is 6. The third kappa shape index (κ3) is 13.4. The first kappa shape index (κ1) is 18.2. The molecular weight excluding hydrogens is 243 g/mol. The molecule has 0 heterocycles. The highest BCUT2D eigenvalue weighted by Gasteiger charge is 2.07. The molecule has 0 atom stereocenters. The molecule has 0 aliphatic rings. The zero-order valence-corrected chi connectivity index (χ0v) is 14.1. The minimum atomic E-state index is -1.45. The topological polar surface area (TPSA) is 0 Å². The Hall–Kier alpha value is -0.788. The zero-order chi connectivity index (χ0) is 14.2. The quantitative estimate of drug-likeness (QED) is 0.373. The van der Waals surface area contributed by atoms with Crippen LogP contribution in [-0.2, 0) is 0 Å². The van der Waals surface area contributed by atoms with E-state index in [1.165, 1.54) is 38.5 Å². The minimum Gasteiger partial charge on any atom is -0.169 e. The monoisotopic (exact) mass is 270 g/mol. The van der Waals surface area contributed by atoms with E-state index in [9.17, 15) is 0 Å². The van der Waals surface area contributed by atoms with E-state index in [4.69, 9.17) is 0 Å². The maximum atomic E-state index is 3.35. The van der Waals surface area contributed by atoms with Gasteiger partial charge in [-0.3, -0.25) is 0 Å². The molecule has 0 nitrogen and oxygen atoms in total. The van der Waals surface area contributed by atoms with Crippen molar-refractivity contribution in [2.24, 2.45) is 0 Å². The normalized spacial score (nSPS) is 8.37. The van der Waals surface area contributed by atoms with Crippen molar-refractivity contribution in [1.82, 2.24) is 0 Å². The first-order chi connectivity index (χ1) is 9.35. The Morgan fingerprint density at radius 2 is 0.895 bits per heavy atom. The van der Waals surface area contributed by atoms with Gasteiger partial charge in [0.25, 0.3) is 0 Å². The molecule has 0 aliphatic carbocycles. The van der Waals surface area contributed by atoms with Gasteiger partial charge in [-0.15, -0.1) is 17.8 Å². The molecule has 0 amide bonds. The molecule has 0 fully saturated rings. The van der Waals surface area contributed by atoms with Crippen molar-refractivity contribution in [3.8, 4) is 32.1 Å². The standard InChI is InChI=1S/3C6H9.Al/c3*1-3-5-6-4-2;/h3*3,5-6H2,1H3;. The predicted octanol–water partition coefficient (Wildman–Crippen LogP) is 4.68. The first-order valence-electron chi connectivity index (χ1n) is 7.80. The highest BCUT2D eigenvalue weighted by Crippen LogP contribution is 1.94. The molecule has 0 saturated heterocycles. The van der Waals surface area contributed by atoms with Gasteiger partial charge >= 0.3 is 14.1 Å². The van der Waals surface area contributed by atoms with Crippen LogP contribution in [0.3, 0.4) is 0 Å². The van der Waals surface area contributed by atoms with E-state index < -0.39 is 14.1 Å². The lowest BCUT2D eigenvalue weighted by Crippen LogP contribution is -2.04. The minimum absolute atomic E-state index is 1.01. The van der Waals surface area contributed by atoms with Crippen LogP contribution in [0, 0.1) is 32.1 Å². The lowest BCUT2D eigenvalue weighted by atomic mass is 10.3. The van der Waals surface area contributed by atoms with E-state index in [-0.39, 0.29) is 0 Å². The van der Waals surface area contributed by atoms with Gasteiger partial charge in [0.1, 0.15) is 0 Å². The molecule has 0 bridgehead atoms. The second-order valence-corrected chi connectivity index (χ2v) is 6.44. The second kappa shape index (κ2) is 15.3. The molecule has 0 aromatic heterocycles. The maximum Gasteiger partial charge on any atom is 0.574 e. The molecule has 0 aromatic carbocycles. The Balaban J connectivity index is 4.36. The summed E-state index contributed by atoms with van der Waals surface area (Å²) >= 11 is -1.45. The van der Waals surface area contributed by atoms with Gasteiger partial charge in [0, 0.05) is 19.3 Å². The summed E-state index contributed by atoms with van der Waals surface area (Å²) in [5.74, 6) is 9.82. The first-order valence-corrected chi connectivity index (χ1v) is 9.53. The average Bonchev–Trinajstić information content (AvgIpc) is 2.43. The molecule has 0 rings (SSSR count). The van der Waals surface area contributed by atoms with E-state index >= 15 is 0 Å². The summed E-state index contributed by atoms with van der Waals surface area (Å²) in [4.78, 5) is 10.1. The summed E-state index contributed by atoms with van der Waals surface area (Å²) in [6.07, 6.45) is 10.2. The van der Waals surface area contributed by atoms with Crippen molar-refractivity contribution in [1.29, 1.82) is 0 Å². The van der Waals surface area contributed by atoms with E-state index in [0.717, 1.165) is 19.3 Å². The van der Waals surface area contributed by atoms with Crippen molar-refractivity contribution in [3.63, 3.8) is 0 Å². The molecule has 102 valence electrons. The van der Waals surface area contributed by atoms with E-state index in [2.05, 4.69) is 52.9 Å². The Kier molecular flexibility index (Phi) is 14.6. The Labute approximate surface area is 125 Å². The smallest absolute Gasteiger partial charge is 0.169 e. The summed E-state index contributed by atoms with van der Waals surface area (Å²) in [5.41, 5.74) is 0. The fraction of sp³-hybridized carbons (Fsp3) is 0.667. The largest absolute Gasteiger partial charge is 0.574 e. The Bertz CT molecular complexity index is 313. The molecule has 19 heavy (non-hydrogen) atoms. The van der Waals surface area contributed by atoms with Gasteiger partial charge < -0.3 is 0 Å². The third-order valence-electron chi connectivity index (χ3n) is 2.71. The molecule has 0 aromatic rings. The number of unbranched alkanes of at least 4 members (excludes halogenated alkanes) is 6. The van der Waals surface area contributed by atoms with Crippen LogP contribution in [0.5, 0.6) is 0 Å². The highest BCUT2D eigenvalue weighted by atomic mass is 27.2. The van der Waals surface area contributed by atoms with Crippen molar-refractivity contribution >= 4 is 14.1 Å². The molecule has 0 radical (unpaired) electrons. The number of hydrogen-bond donors (Lipinski definition) is 0. The van der Waals surface area contributed by atoms with Crippen molar-refractivity contribution in [2.45, 2.75) is 78.6 Å². The summed E-state index contributed by atoms with van der Waals surface area (Å²) in [6, 6.07) is 0. The molecule has 0 unspecified atom stereocenters. The SMILES string of the molecule is CCCCC#[C][Al]([C]#CCCCC)[C]#CCCCC. The highest BCUT2D eigenvalue weighted by molar-refractivity contribution is 6.82. The van der Waals surface area contributed by atoms with Crippen LogP contribution in [0.2, 0.25) is 0 Å². The van der Waals surface area contributed by atoms with Crippen LogP contribution in [-0.4, -0.2) is 14.1 Å². The van der Waals surface area contributed by atoms with E-state index in [1.807, 2.05) is 0 Å². The van der Waals surface area contributed by atoms with Crippen molar-refractivity contribution in [2.75, 3.05) is 0 Å². The Morgan fingerprint density at radius 3 is 1.16 bits per heavy atom. The number of hydrogen-bond acceptors (Lipinski definition) is 0. The summed E-state index contributed by atoms with van der Waals surface area (Å²) in [7, 11) is 0. The molecule has 0 N–H and O–H groups in total. The summed E-state index contributed by atoms with van der Waals surface area (Å²) in [6.45, 7) is 6.60. The maximum absolute atomic E-state index is 3.35. The van der Waals surface area contributed by atoms with Crippen molar-refractivity contribution in [3.05, 3.63) is 0 Å². The zero-order valence-electron chi connectivity index (χ0n) is 12.9. The molecule has 0 saturated carbocycles. The van der Waals surface area contributed by atoms with Crippen LogP contribution < -0.4 is 0 Å². The van der Waals surface area contributed by atoms with Gasteiger partial charge in [-0.25, -0.2) is 0 Å². The van der Waals surface area contributed by atoms with Crippen LogP contribution in [0.15, 0.2) is 0 Å². The van der Waals surface area contributed by atoms with Gasteiger partial charge in [0.2, 0.25) is 0 Å². The van der Waals surface area contributed by atoms with Crippen molar-refractivity contribution < 1.29 is 0 Å². The molecule has 1 heteroatoms. The van der Waals surface area contributed by atoms with Crippen LogP contribution >= 0.6 is 0 Å². The average molecular weight is 270 g/mol. The van der Waals surface area contributed by atoms with Crippen LogP contribution in [0.1, 0.15) is 78.6 Å². The molecule has 0 aliphatic heterocycles. The second-order valence-electron chi connectivity index (χ2n) is 4.71. The lowest BCUT2D eigenvalue weighted by Gasteiger charge is -1.88. The molecule has 0 spiro atoms. The summed E-state index contributed by atoms with van der Waals surface area (Å²) in [5, 5.41) is 0. The fourth-order valence-electron chi connectivity index (χ4n) is 1.43. The van der Waals surface area contributed by atoms with Gasteiger partial charge in [0.15, 0.2) is 0 Å². The van der Waals surface area contributed by atoms with Crippen LogP contribution in [0.4, 0.5) is 0 Å². The lowest BCUT2D eigenvalue weighted by molar-refractivity contribution is 0.828. The van der Waals surface area contributed by atoms with Gasteiger partial charge in [0.05, 0.1) is 0 Å². The van der Waals surface area contributed by atoms with E-state index in [1.54, 1.807) is 0 Å². The van der Waals surface area contributed by atoms with Crippen LogP contribution in [0.25, 0.3) is 0 Å².